The zero-order chi connectivity index (χ0) is 13.0. The molecule has 98 valence electrons. The average molecular weight is 248 g/mol. The van der Waals surface area contributed by atoms with Gasteiger partial charge in [0.05, 0.1) is 0 Å². The fraction of sp³-hybridized carbons (Fsp3) is 0.500. The molecular weight excluding hydrogens is 228 g/mol. The summed E-state index contributed by atoms with van der Waals surface area (Å²) < 4.78 is 0. The Labute approximate surface area is 108 Å². The lowest BCUT2D eigenvalue weighted by molar-refractivity contribution is -0.127. The lowest BCUT2D eigenvalue weighted by atomic mass is 10.2. The molecule has 1 aliphatic heterocycles. The van der Waals surface area contributed by atoms with Gasteiger partial charge in [0.15, 0.2) is 0 Å². The van der Waals surface area contributed by atoms with E-state index >= 15 is 0 Å². The van der Waals surface area contributed by atoms with Crippen molar-refractivity contribution in [1.82, 2.24) is 10.2 Å². The number of carbonyl (C=O) groups is 1. The Morgan fingerprint density at radius 2 is 2.11 bits per heavy atom. The summed E-state index contributed by atoms with van der Waals surface area (Å²) in [5, 5.41) is 12.6. The number of rotatable bonds is 5. The molecule has 4 heteroatoms. The number of phenolic OH excluding ortho intramolecular Hbond substituents is 1. The Morgan fingerprint density at radius 3 is 2.72 bits per heavy atom. The number of nitrogens with zero attached hydrogens (tertiary/aromatic N) is 1. The molecule has 2 rings (SSSR count). The minimum Gasteiger partial charge on any atom is -0.508 e. The molecule has 2 N–H and O–H groups in total. The molecule has 0 aliphatic carbocycles. The van der Waals surface area contributed by atoms with Crippen molar-refractivity contribution in [1.29, 1.82) is 0 Å². The molecule has 1 fully saturated rings. The van der Waals surface area contributed by atoms with E-state index in [2.05, 4.69) is 12.2 Å². The fourth-order valence-electron chi connectivity index (χ4n) is 2.20. The minimum atomic E-state index is 0.272. The molecule has 0 saturated carbocycles. The van der Waals surface area contributed by atoms with Crippen LogP contribution in [0.2, 0.25) is 0 Å². The molecule has 1 heterocycles. The third-order valence-electron chi connectivity index (χ3n) is 3.26. The molecular formula is C14H20N2O2. The van der Waals surface area contributed by atoms with Gasteiger partial charge in [-0.25, -0.2) is 0 Å². The number of carbonyl (C=O) groups excluding carboxylic acids is 1. The maximum absolute atomic E-state index is 11.5. The minimum absolute atomic E-state index is 0.272. The molecule has 1 aromatic carbocycles. The van der Waals surface area contributed by atoms with Crippen LogP contribution >= 0.6 is 0 Å². The molecule has 1 aliphatic rings. The second kappa shape index (κ2) is 5.87. The second-order valence-electron chi connectivity index (χ2n) is 4.89. The molecule has 1 saturated heterocycles. The van der Waals surface area contributed by atoms with Gasteiger partial charge < -0.3 is 15.3 Å². The Kier molecular flexibility index (Phi) is 4.20. The van der Waals surface area contributed by atoms with Crippen molar-refractivity contribution >= 4 is 5.91 Å². The van der Waals surface area contributed by atoms with Gasteiger partial charge in [0.2, 0.25) is 5.91 Å². The second-order valence-corrected chi connectivity index (χ2v) is 4.89. The van der Waals surface area contributed by atoms with Gasteiger partial charge in [0.25, 0.3) is 0 Å². The summed E-state index contributed by atoms with van der Waals surface area (Å²) in [5.41, 5.74) is 1.13. The smallest absolute Gasteiger partial charge is 0.222 e. The third-order valence-corrected chi connectivity index (χ3v) is 3.26. The number of aromatic hydroxyl groups is 1. The van der Waals surface area contributed by atoms with E-state index in [4.69, 9.17) is 0 Å². The third kappa shape index (κ3) is 3.47. The molecule has 0 bridgehead atoms. The summed E-state index contributed by atoms with van der Waals surface area (Å²) in [6.07, 6.45) is 1.69. The van der Waals surface area contributed by atoms with Gasteiger partial charge in [-0.15, -0.1) is 0 Å². The van der Waals surface area contributed by atoms with E-state index in [-0.39, 0.29) is 17.7 Å². The lowest BCUT2D eigenvalue weighted by Crippen LogP contribution is -2.39. The van der Waals surface area contributed by atoms with Gasteiger partial charge in [-0.2, -0.15) is 0 Å². The van der Waals surface area contributed by atoms with E-state index < -0.39 is 0 Å². The fourth-order valence-corrected chi connectivity index (χ4v) is 2.20. The maximum atomic E-state index is 11.5. The van der Waals surface area contributed by atoms with Crippen molar-refractivity contribution in [3.63, 3.8) is 0 Å². The van der Waals surface area contributed by atoms with Crippen LogP contribution in [0.4, 0.5) is 0 Å². The summed E-state index contributed by atoms with van der Waals surface area (Å²) in [6.45, 7) is 4.51. The van der Waals surface area contributed by atoms with Crippen molar-refractivity contribution in [2.45, 2.75) is 32.4 Å². The first kappa shape index (κ1) is 12.9. The van der Waals surface area contributed by atoms with Gasteiger partial charge in [-0.3, -0.25) is 4.79 Å². The topological polar surface area (TPSA) is 52.6 Å². The number of amides is 1. The molecule has 18 heavy (non-hydrogen) atoms. The van der Waals surface area contributed by atoms with Crippen molar-refractivity contribution in [3.05, 3.63) is 29.8 Å². The Bertz CT molecular complexity index is 403. The summed E-state index contributed by atoms with van der Waals surface area (Å²) in [4.78, 5) is 13.4. The molecule has 1 amide bonds. The Hall–Kier alpha value is -1.55. The van der Waals surface area contributed by atoms with E-state index in [0.29, 0.717) is 6.42 Å². The van der Waals surface area contributed by atoms with Crippen molar-refractivity contribution in [3.8, 4) is 5.75 Å². The molecule has 1 unspecified atom stereocenters. The van der Waals surface area contributed by atoms with Crippen LogP contribution in [0.1, 0.15) is 25.3 Å². The van der Waals surface area contributed by atoms with E-state index in [9.17, 15) is 9.90 Å². The molecule has 1 atom stereocenters. The Morgan fingerprint density at radius 1 is 1.39 bits per heavy atom. The van der Waals surface area contributed by atoms with Crippen molar-refractivity contribution in [2.75, 3.05) is 13.1 Å². The summed E-state index contributed by atoms with van der Waals surface area (Å²) >= 11 is 0. The molecule has 0 spiro atoms. The lowest BCUT2D eigenvalue weighted by Gasteiger charge is -2.21. The van der Waals surface area contributed by atoms with E-state index in [0.717, 1.165) is 31.6 Å². The monoisotopic (exact) mass is 248 g/mol. The van der Waals surface area contributed by atoms with Crippen molar-refractivity contribution in [2.24, 2.45) is 0 Å². The van der Waals surface area contributed by atoms with E-state index in [1.165, 1.54) is 0 Å². The molecule has 0 radical (unpaired) electrons. The maximum Gasteiger partial charge on any atom is 0.222 e. The van der Waals surface area contributed by atoms with Crippen molar-refractivity contribution < 1.29 is 9.90 Å². The number of hydrogen-bond acceptors (Lipinski definition) is 3. The normalized spacial score (nSPS) is 17.2. The number of nitrogens with one attached hydrogen (secondary N) is 1. The quantitative estimate of drug-likeness (QED) is 0.830. The summed E-state index contributed by atoms with van der Waals surface area (Å²) in [5.74, 6) is 0.558. The number of benzene rings is 1. The SMILES string of the molecule is CC(CN1CCCC1=O)NCc1ccc(O)cc1. The highest BCUT2D eigenvalue weighted by Crippen LogP contribution is 2.11. The highest BCUT2D eigenvalue weighted by Gasteiger charge is 2.21. The molecule has 4 nitrogen and oxygen atoms in total. The predicted molar refractivity (Wildman–Crippen MR) is 70.2 cm³/mol. The largest absolute Gasteiger partial charge is 0.508 e. The number of hydrogen-bond donors (Lipinski definition) is 2. The van der Waals surface area contributed by atoms with Crippen LogP contribution in [0.25, 0.3) is 0 Å². The first-order valence-electron chi connectivity index (χ1n) is 6.44. The Balaban J connectivity index is 1.76. The van der Waals surface area contributed by atoms with Crippen LogP contribution in [-0.2, 0) is 11.3 Å². The zero-order valence-corrected chi connectivity index (χ0v) is 10.7. The van der Waals surface area contributed by atoms with E-state index in [1.807, 2.05) is 17.0 Å². The van der Waals surface area contributed by atoms with Crippen LogP contribution in [0.15, 0.2) is 24.3 Å². The van der Waals surface area contributed by atoms with E-state index in [1.54, 1.807) is 12.1 Å². The standard InChI is InChI=1S/C14H20N2O2/c1-11(10-16-8-2-3-14(16)18)15-9-12-4-6-13(17)7-5-12/h4-7,11,15,17H,2-3,8-10H2,1H3. The summed E-state index contributed by atoms with van der Waals surface area (Å²) in [7, 11) is 0. The average Bonchev–Trinajstić information content (AvgIpc) is 2.74. The molecule has 0 aromatic heterocycles. The van der Waals surface area contributed by atoms with Gasteiger partial charge in [0.1, 0.15) is 5.75 Å². The summed E-state index contributed by atoms with van der Waals surface area (Å²) in [6, 6.07) is 7.45. The van der Waals surface area contributed by atoms with Crippen LogP contribution in [0, 0.1) is 0 Å². The zero-order valence-electron chi connectivity index (χ0n) is 10.7. The van der Waals surface area contributed by atoms with Crippen LogP contribution in [0.5, 0.6) is 5.75 Å². The van der Waals surface area contributed by atoms with Gasteiger partial charge in [-0.05, 0) is 31.0 Å². The van der Waals surface area contributed by atoms with Crippen LogP contribution in [-0.4, -0.2) is 35.0 Å². The number of phenols is 1. The van der Waals surface area contributed by atoms with Crippen LogP contribution in [0.3, 0.4) is 0 Å². The van der Waals surface area contributed by atoms with Gasteiger partial charge in [-0.1, -0.05) is 12.1 Å². The predicted octanol–water partition coefficient (Wildman–Crippen LogP) is 1.49. The first-order chi connectivity index (χ1) is 8.65. The molecule has 1 aromatic rings. The van der Waals surface area contributed by atoms with Crippen LogP contribution < -0.4 is 5.32 Å². The highest BCUT2D eigenvalue weighted by molar-refractivity contribution is 5.78. The first-order valence-corrected chi connectivity index (χ1v) is 6.44. The number of likely N-dealkylation sites (tertiary alicyclic amines) is 1. The van der Waals surface area contributed by atoms with Gasteiger partial charge in [0, 0.05) is 32.1 Å². The van der Waals surface area contributed by atoms with Gasteiger partial charge >= 0.3 is 0 Å². The highest BCUT2D eigenvalue weighted by atomic mass is 16.3.